The lowest BCUT2D eigenvalue weighted by Gasteiger charge is -2.45. The van der Waals surface area contributed by atoms with E-state index in [2.05, 4.69) is 15.3 Å². The highest BCUT2D eigenvalue weighted by Gasteiger charge is 2.61. The van der Waals surface area contributed by atoms with Crippen LogP contribution in [0.1, 0.15) is 32.3 Å². The fourth-order valence-corrected chi connectivity index (χ4v) is 5.83. The molecular formula is C15H19FN4O4S. The predicted molar refractivity (Wildman–Crippen MR) is 89.5 cm³/mol. The van der Waals surface area contributed by atoms with E-state index in [1.165, 1.54) is 19.9 Å². The average Bonchev–Trinajstić information content (AvgIpc) is 3.30. The number of anilines is 1. The molecular weight excluding hydrogens is 351 g/mol. The SMILES string of the molecule is C[C@@]1(c2cc(N)cnc2F)CS(=O)(=O)[C@@](C)(C2CC2)/C(=N/C(=O)O)N1. The van der Waals surface area contributed by atoms with Gasteiger partial charge in [-0.15, -0.1) is 0 Å². The van der Waals surface area contributed by atoms with Gasteiger partial charge in [0.25, 0.3) is 0 Å². The molecule has 25 heavy (non-hydrogen) atoms. The maximum Gasteiger partial charge on any atom is 0.432 e. The topological polar surface area (TPSA) is 135 Å². The summed E-state index contributed by atoms with van der Waals surface area (Å²) in [7, 11) is -3.83. The molecule has 2 fully saturated rings. The molecule has 136 valence electrons. The van der Waals surface area contributed by atoms with Crippen LogP contribution in [0.2, 0.25) is 0 Å². The number of hydrogen-bond donors (Lipinski definition) is 3. The zero-order valence-corrected chi connectivity index (χ0v) is 14.6. The first-order valence-electron chi connectivity index (χ1n) is 7.74. The van der Waals surface area contributed by atoms with Crippen molar-refractivity contribution in [1.82, 2.24) is 10.3 Å². The Hall–Kier alpha value is -2.23. The van der Waals surface area contributed by atoms with Crippen LogP contribution in [-0.4, -0.2) is 40.9 Å². The van der Waals surface area contributed by atoms with Gasteiger partial charge in [-0.2, -0.15) is 9.38 Å². The summed E-state index contributed by atoms with van der Waals surface area (Å²) in [5, 5.41) is 11.9. The Morgan fingerprint density at radius 3 is 2.68 bits per heavy atom. The van der Waals surface area contributed by atoms with Gasteiger partial charge in [0.05, 0.1) is 23.2 Å². The molecule has 2 heterocycles. The monoisotopic (exact) mass is 370 g/mol. The number of nitrogen functional groups attached to an aromatic ring is 1. The molecule has 1 saturated carbocycles. The van der Waals surface area contributed by atoms with Crippen LogP contribution in [0.4, 0.5) is 14.9 Å². The lowest BCUT2D eigenvalue weighted by Crippen LogP contribution is -2.66. The molecule has 3 rings (SSSR count). The van der Waals surface area contributed by atoms with Crippen molar-refractivity contribution in [2.45, 2.75) is 37.0 Å². The molecule has 1 aliphatic carbocycles. The molecule has 1 aromatic rings. The second kappa shape index (κ2) is 5.38. The molecule has 1 aromatic heterocycles. The number of halogens is 1. The number of carboxylic acid groups (broad SMARTS) is 1. The van der Waals surface area contributed by atoms with Gasteiger partial charge in [0.15, 0.2) is 9.84 Å². The minimum atomic E-state index is -3.83. The number of aliphatic imine (C=N–C) groups is 1. The minimum Gasteiger partial charge on any atom is -0.463 e. The highest BCUT2D eigenvalue weighted by molar-refractivity contribution is 7.93. The molecule has 1 amide bonds. The molecule has 1 aliphatic heterocycles. The van der Waals surface area contributed by atoms with Crippen LogP contribution in [0.25, 0.3) is 0 Å². The van der Waals surface area contributed by atoms with E-state index >= 15 is 0 Å². The normalized spacial score (nSPS) is 33.0. The van der Waals surface area contributed by atoms with Crippen LogP contribution in [0.15, 0.2) is 17.3 Å². The molecule has 4 N–H and O–H groups in total. The van der Waals surface area contributed by atoms with Crippen molar-refractivity contribution in [2.24, 2.45) is 10.9 Å². The maximum atomic E-state index is 14.2. The first kappa shape index (κ1) is 17.6. The van der Waals surface area contributed by atoms with E-state index in [0.29, 0.717) is 12.8 Å². The largest absolute Gasteiger partial charge is 0.463 e. The van der Waals surface area contributed by atoms with Gasteiger partial charge < -0.3 is 16.2 Å². The number of amidine groups is 1. The van der Waals surface area contributed by atoms with Gasteiger partial charge in [0.2, 0.25) is 5.95 Å². The predicted octanol–water partition coefficient (Wildman–Crippen LogP) is 1.28. The van der Waals surface area contributed by atoms with Gasteiger partial charge in [-0.25, -0.2) is 18.2 Å². The molecule has 0 aromatic carbocycles. The summed E-state index contributed by atoms with van der Waals surface area (Å²) < 4.78 is 39.0. The van der Waals surface area contributed by atoms with Crippen molar-refractivity contribution >= 4 is 27.5 Å². The summed E-state index contributed by atoms with van der Waals surface area (Å²) in [5.74, 6) is -1.69. The number of sulfone groups is 1. The van der Waals surface area contributed by atoms with Crippen LogP contribution in [0.3, 0.4) is 0 Å². The Morgan fingerprint density at radius 1 is 1.48 bits per heavy atom. The van der Waals surface area contributed by atoms with E-state index in [9.17, 15) is 17.6 Å². The molecule has 0 radical (unpaired) electrons. The van der Waals surface area contributed by atoms with Crippen LogP contribution in [-0.2, 0) is 15.4 Å². The zero-order valence-electron chi connectivity index (χ0n) is 13.8. The van der Waals surface area contributed by atoms with E-state index < -0.39 is 37.9 Å². The minimum absolute atomic E-state index is 0.0491. The molecule has 0 unspecified atom stereocenters. The summed E-state index contributed by atoms with van der Waals surface area (Å²) in [6, 6.07) is 1.29. The number of aromatic nitrogens is 1. The summed E-state index contributed by atoms with van der Waals surface area (Å²) in [5.41, 5.74) is 4.34. The molecule has 2 aliphatic rings. The smallest absolute Gasteiger partial charge is 0.432 e. The van der Waals surface area contributed by atoms with Gasteiger partial charge in [-0.05, 0) is 38.7 Å². The van der Waals surface area contributed by atoms with Gasteiger partial charge in [-0.1, -0.05) is 0 Å². The number of amides is 1. The van der Waals surface area contributed by atoms with E-state index in [4.69, 9.17) is 10.8 Å². The first-order chi connectivity index (χ1) is 11.5. The van der Waals surface area contributed by atoms with E-state index in [0.717, 1.165) is 6.20 Å². The zero-order chi connectivity index (χ0) is 18.6. The fourth-order valence-electron chi connectivity index (χ4n) is 3.41. The van der Waals surface area contributed by atoms with Gasteiger partial charge in [0.1, 0.15) is 10.6 Å². The molecule has 0 spiro atoms. The van der Waals surface area contributed by atoms with E-state index in [1.807, 2.05) is 0 Å². The quantitative estimate of drug-likeness (QED) is 0.667. The maximum absolute atomic E-state index is 14.2. The van der Waals surface area contributed by atoms with Crippen LogP contribution < -0.4 is 11.1 Å². The van der Waals surface area contributed by atoms with E-state index in [-0.39, 0.29) is 23.0 Å². The van der Waals surface area contributed by atoms with Gasteiger partial charge in [-0.3, -0.25) is 0 Å². The number of rotatable bonds is 2. The van der Waals surface area contributed by atoms with E-state index in [1.54, 1.807) is 0 Å². The molecule has 2 atom stereocenters. The molecule has 0 bridgehead atoms. The van der Waals surface area contributed by atoms with Crippen LogP contribution >= 0.6 is 0 Å². The summed E-state index contributed by atoms with van der Waals surface area (Å²) >= 11 is 0. The number of carbonyl (C=O) groups is 1. The second-order valence-corrected chi connectivity index (χ2v) is 9.31. The Morgan fingerprint density at radius 2 is 2.12 bits per heavy atom. The van der Waals surface area contributed by atoms with Crippen molar-refractivity contribution in [3.05, 3.63) is 23.8 Å². The molecule has 8 nitrogen and oxygen atoms in total. The Labute approximate surface area is 144 Å². The first-order valence-corrected chi connectivity index (χ1v) is 9.39. The highest BCUT2D eigenvalue weighted by atomic mass is 32.2. The van der Waals surface area contributed by atoms with Crippen LogP contribution in [0.5, 0.6) is 0 Å². The molecule has 10 heteroatoms. The third kappa shape index (κ3) is 2.74. The summed E-state index contributed by atoms with van der Waals surface area (Å²) in [6.45, 7) is 2.94. The third-order valence-corrected chi connectivity index (χ3v) is 7.78. The average molecular weight is 370 g/mol. The third-order valence-electron chi connectivity index (χ3n) is 5.01. The van der Waals surface area contributed by atoms with Crippen molar-refractivity contribution in [3.8, 4) is 0 Å². The molecule has 1 saturated heterocycles. The van der Waals surface area contributed by atoms with Crippen LogP contribution in [0, 0.1) is 11.9 Å². The second-order valence-electron chi connectivity index (χ2n) is 6.95. The van der Waals surface area contributed by atoms with Crippen molar-refractivity contribution < 1.29 is 22.7 Å². The fraction of sp³-hybridized carbons (Fsp3) is 0.533. The number of pyridine rings is 1. The Balaban J connectivity index is 2.17. The number of nitrogens with two attached hydrogens (primary N) is 1. The van der Waals surface area contributed by atoms with Crippen molar-refractivity contribution in [2.75, 3.05) is 11.5 Å². The number of nitrogens with one attached hydrogen (secondary N) is 1. The summed E-state index contributed by atoms with van der Waals surface area (Å²) in [4.78, 5) is 18.2. The lowest BCUT2D eigenvalue weighted by molar-refractivity contribution is 0.205. The lowest BCUT2D eigenvalue weighted by atomic mass is 9.91. The number of nitrogens with zero attached hydrogens (tertiary/aromatic N) is 2. The Bertz CT molecular complexity index is 884. The highest BCUT2D eigenvalue weighted by Crippen LogP contribution is 2.49. The van der Waals surface area contributed by atoms with Gasteiger partial charge >= 0.3 is 6.09 Å². The standard InChI is InChI=1S/C15H19FN4O4S/c1-14(10-5-9(17)6-18-11(10)16)7-25(23,24)15(2,8-3-4-8)12(20-14)19-13(21)22/h5-6,8H,3-4,7,17H2,1-2H3,(H,19,20)(H,21,22)/t14-,15-/m0/s1. The van der Waals surface area contributed by atoms with Crippen molar-refractivity contribution in [1.29, 1.82) is 0 Å². The summed E-state index contributed by atoms with van der Waals surface area (Å²) in [6.07, 6.45) is 0.946. The number of hydrogen-bond acceptors (Lipinski definition) is 5. The van der Waals surface area contributed by atoms with Crippen molar-refractivity contribution in [3.63, 3.8) is 0 Å². The van der Waals surface area contributed by atoms with Gasteiger partial charge in [0, 0.05) is 5.56 Å². The Kier molecular flexibility index (Phi) is 3.79.